The maximum absolute atomic E-state index is 12.9. The molecule has 2 aliphatic heterocycles. The van der Waals surface area contributed by atoms with E-state index in [4.69, 9.17) is 9.47 Å². The molecule has 0 saturated carbocycles. The number of carbonyl (C=O) groups is 1. The summed E-state index contributed by atoms with van der Waals surface area (Å²) in [6, 6.07) is 4.43. The first kappa shape index (κ1) is 18.9. The van der Waals surface area contributed by atoms with Gasteiger partial charge in [0.1, 0.15) is 13.2 Å². The van der Waals surface area contributed by atoms with Gasteiger partial charge in [-0.05, 0) is 26.0 Å². The predicted octanol–water partition coefficient (Wildman–Crippen LogP) is 0.289. The van der Waals surface area contributed by atoms with Gasteiger partial charge in [-0.3, -0.25) is 9.69 Å². The zero-order valence-corrected chi connectivity index (χ0v) is 15.9. The van der Waals surface area contributed by atoms with Crippen molar-refractivity contribution in [1.29, 1.82) is 0 Å². The summed E-state index contributed by atoms with van der Waals surface area (Å²) >= 11 is 0. The van der Waals surface area contributed by atoms with Crippen LogP contribution in [0.2, 0.25) is 0 Å². The van der Waals surface area contributed by atoms with Crippen LogP contribution in [-0.2, 0) is 14.8 Å². The number of hydrogen-bond acceptors (Lipinski definition) is 6. The van der Waals surface area contributed by atoms with Gasteiger partial charge in [0.05, 0.1) is 10.9 Å². The molecular weight excluding hydrogens is 358 g/mol. The van der Waals surface area contributed by atoms with Gasteiger partial charge in [0.2, 0.25) is 15.9 Å². The average Bonchev–Trinajstić information content (AvgIpc) is 2.67. The van der Waals surface area contributed by atoms with Crippen molar-refractivity contribution in [3.8, 4) is 11.5 Å². The molecule has 2 heterocycles. The van der Waals surface area contributed by atoms with E-state index in [1.807, 2.05) is 18.7 Å². The van der Waals surface area contributed by atoms with Crippen LogP contribution in [0.1, 0.15) is 13.8 Å². The summed E-state index contributed by atoms with van der Waals surface area (Å²) in [5.74, 6) is 0.993. The molecule has 1 saturated heterocycles. The van der Waals surface area contributed by atoms with E-state index in [2.05, 4.69) is 5.32 Å². The standard InChI is InChI=1S/C17H25N3O5S/c1-3-18-17(21)13(2)19-6-8-20(9-7-19)26(22,23)14-4-5-15-16(12-14)25-11-10-24-15/h4-5,12-13H,3,6-11H2,1-2H3,(H,18,21)/t13-/m1/s1. The number of benzene rings is 1. The highest BCUT2D eigenvalue weighted by Crippen LogP contribution is 2.33. The fourth-order valence-corrected chi connectivity index (χ4v) is 4.59. The van der Waals surface area contributed by atoms with Crippen LogP contribution < -0.4 is 14.8 Å². The normalized spacial score (nSPS) is 19.8. The average molecular weight is 383 g/mol. The fourth-order valence-electron chi connectivity index (χ4n) is 3.15. The number of rotatable bonds is 5. The van der Waals surface area contributed by atoms with Crippen molar-refractivity contribution >= 4 is 15.9 Å². The number of likely N-dealkylation sites (N-methyl/N-ethyl adjacent to an activating group) is 1. The first-order valence-corrected chi connectivity index (χ1v) is 10.3. The van der Waals surface area contributed by atoms with Gasteiger partial charge >= 0.3 is 0 Å². The van der Waals surface area contributed by atoms with Crippen LogP contribution >= 0.6 is 0 Å². The molecule has 1 fully saturated rings. The highest BCUT2D eigenvalue weighted by molar-refractivity contribution is 7.89. The Hall–Kier alpha value is -1.84. The molecule has 26 heavy (non-hydrogen) atoms. The number of ether oxygens (including phenoxy) is 2. The van der Waals surface area contributed by atoms with E-state index in [0.717, 1.165) is 0 Å². The first-order chi connectivity index (χ1) is 12.4. The van der Waals surface area contributed by atoms with E-state index >= 15 is 0 Å². The molecule has 1 aromatic carbocycles. The number of carbonyl (C=O) groups excluding carboxylic acids is 1. The minimum absolute atomic E-state index is 0.0318. The molecule has 0 aromatic heterocycles. The van der Waals surface area contributed by atoms with Crippen molar-refractivity contribution in [2.24, 2.45) is 0 Å². The second-order valence-corrected chi connectivity index (χ2v) is 8.25. The van der Waals surface area contributed by atoms with E-state index in [-0.39, 0.29) is 16.8 Å². The Labute approximate surface area is 154 Å². The molecule has 2 aliphatic rings. The summed E-state index contributed by atoms with van der Waals surface area (Å²) in [6.45, 7) is 6.91. The Morgan fingerprint density at radius 3 is 2.46 bits per heavy atom. The zero-order valence-electron chi connectivity index (χ0n) is 15.1. The summed E-state index contributed by atoms with van der Waals surface area (Å²) in [6.07, 6.45) is 0. The van der Waals surface area contributed by atoms with Crippen LogP contribution in [0.4, 0.5) is 0 Å². The number of nitrogens with zero attached hydrogens (tertiary/aromatic N) is 2. The minimum atomic E-state index is -3.60. The lowest BCUT2D eigenvalue weighted by Gasteiger charge is -2.36. The third-order valence-electron chi connectivity index (χ3n) is 4.70. The van der Waals surface area contributed by atoms with E-state index in [0.29, 0.717) is 57.4 Å². The van der Waals surface area contributed by atoms with Gasteiger partial charge in [0, 0.05) is 38.8 Å². The lowest BCUT2D eigenvalue weighted by molar-refractivity contribution is -0.126. The van der Waals surface area contributed by atoms with Crippen molar-refractivity contribution in [3.05, 3.63) is 18.2 Å². The molecule has 1 amide bonds. The van der Waals surface area contributed by atoms with Gasteiger partial charge in [0.15, 0.2) is 11.5 Å². The Bertz CT molecular complexity index is 760. The van der Waals surface area contributed by atoms with Crippen LogP contribution in [0.15, 0.2) is 23.1 Å². The molecule has 0 bridgehead atoms. The van der Waals surface area contributed by atoms with Crippen LogP contribution in [0.5, 0.6) is 11.5 Å². The Morgan fingerprint density at radius 1 is 1.15 bits per heavy atom. The number of amides is 1. The van der Waals surface area contributed by atoms with Crippen LogP contribution in [0.25, 0.3) is 0 Å². The van der Waals surface area contributed by atoms with E-state index in [1.54, 1.807) is 12.1 Å². The topological polar surface area (TPSA) is 88.2 Å². The maximum atomic E-state index is 12.9. The molecule has 0 unspecified atom stereocenters. The third-order valence-corrected chi connectivity index (χ3v) is 6.60. The highest BCUT2D eigenvalue weighted by atomic mass is 32.2. The molecular formula is C17H25N3O5S. The molecule has 0 spiro atoms. The summed E-state index contributed by atoms with van der Waals surface area (Å²) in [5.41, 5.74) is 0. The SMILES string of the molecule is CCNC(=O)[C@@H](C)N1CCN(S(=O)(=O)c2ccc3c(c2)OCCO3)CC1. The molecule has 1 atom stereocenters. The third kappa shape index (κ3) is 3.79. The van der Waals surface area contributed by atoms with Gasteiger partial charge < -0.3 is 14.8 Å². The molecule has 9 heteroatoms. The molecule has 8 nitrogen and oxygen atoms in total. The zero-order chi connectivity index (χ0) is 18.7. The lowest BCUT2D eigenvalue weighted by atomic mass is 10.2. The van der Waals surface area contributed by atoms with Crippen molar-refractivity contribution < 1.29 is 22.7 Å². The fraction of sp³-hybridized carbons (Fsp3) is 0.588. The molecule has 3 rings (SSSR count). The number of fused-ring (bicyclic) bond motifs is 1. The monoisotopic (exact) mass is 383 g/mol. The quantitative estimate of drug-likeness (QED) is 0.786. The molecule has 0 aliphatic carbocycles. The largest absolute Gasteiger partial charge is 0.486 e. The lowest BCUT2D eigenvalue weighted by Crippen LogP contribution is -2.54. The van der Waals surface area contributed by atoms with E-state index < -0.39 is 10.0 Å². The van der Waals surface area contributed by atoms with Crippen LogP contribution in [0.3, 0.4) is 0 Å². The second-order valence-electron chi connectivity index (χ2n) is 6.32. The van der Waals surface area contributed by atoms with Gasteiger partial charge in [-0.15, -0.1) is 0 Å². The van der Waals surface area contributed by atoms with E-state index in [1.165, 1.54) is 10.4 Å². The summed E-state index contributed by atoms with van der Waals surface area (Å²) in [7, 11) is -3.60. The molecule has 1 N–H and O–H groups in total. The molecule has 0 radical (unpaired) electrons. The van der Waals surface area contributed by atoms with Crippen molar-refractivity contribution in [2.45, 2.75) is 24.8 Å². The maximum Gasteiger partial charge on any atom is 0.243 e. The second kappa shape index (κ2) is 7.81. The number of piperazine rings is 1. The summed E-state index contributed by atoms with van der Waals surface area (Å²) in [5, 5.41) is 2.80. The van der Waals surface area contributed by atoms with Crippen molar-refractivity contribution in [2.75, 3.05) is 45.9 Å². The number of nitrogens with one attached hydrogen (secondary N) is 1. The Morgan fingerprint density at radius 2 is 1.81 bits per heavy atom. The van der Waals surface area contributed by atoms with Crippen molar-refractivity contribution in [3.63, 3.8) is 0 Å². The van der Waals surface area contributed by atoms with Crippen LogP contribution in [-0.4, -0.2) is 75.5 Å². The van der Waals surface area contributed by atoms with Gasteiger partial charge in [-0.2, -0.15) is 4.31 Å². The highest BCUT2D eigenvalue weighted by Gasteiger charge is 2.32. The van der Waals surface area contributed by atoms with Gasteiger partial charge in [-0.25, -0.2) is 8.42 Å². The van der Waals surface area contributed by atoms with Gasteiger partial charge in [0.25, 0.3) is 0 Å². The van der Waals surface area contributed by atoms with Crippen LogP contribution in [0, 0.1) is 0 Å². The minimum Gasteiger partial charge on any atom is -0.486 e. The molecule has 144 valence electrons. The summed E-state index contributed by atoms with van der Waals surface area (Å²) in [4.78, 5) is 14.2. The predicted molar refractivity (Wildman–Crippen MR) is 95.9 cm³/mol. The van der Waals surface area contributed by atoms with Gasteiger partial charge in [-0.1, -0.05) is 0 Å². The smallest absolute Gasteiger partial charge is 0.243 e. The Balaban J connectivity index is 1.67. The Kier molecular flexibility index (Phi) is 5.69. The first-order valence-electron chi connectivity index (χ1n) is 8.85. The van der Waals surface area contributed by atoms with E-state index in [9.17, 15) is 13.2 Å². The molecule has 1 aromatic rings. The number of hydrogen-bond donors (Lipinski definition) is 1. The van der Waals surface area contributed by atoms with Crippen molar-refractivity contribution in [1.82, 2.24) is 14.5 Å². The summed E-state index contributed by atoms with van der Waals surface area (Å²) < 4.78 is 38.2. The number of sulfonamides is 1.